The Hall–Kier alpha value is -1.75. The molecule has 0 amide bonds. The average molecular weight is 316 g/mol. The first-order chi connectivity index (χ1) is 10.1. The Balaban J connectivity index is 2.57. The molecule has 0 aliphatic rings. The van der Waals surface area contributed by atoms with Crippen LogP contribution in [0.5, 0.6) is 0 Å². The monoisotopic (exact) mass is 315 g/mol. The molecule has 0 saturated heterocycles. The molecule has 2 aromatic carbocycles. The predicted molar refractivity (Wildman–Crippen MR) is 88.7 cm³/mol. The van der Waals surface area contributed by atoms with Crippen molar-refractivity contribution < 1.29 is 0 Å². The highest BCUT2D eigenvalue weighted by Gasteiger charge is 2.33. The largest absolute Gasteiger partial charge is 0.197 e. The van der Waals surface area contributed by atoms with E-state index >= 15 is 0 Å². The van der Waals surface area contributed by atoms with Crippen LogP contribution >= 0.6 is 23.2 Å². The zero-order valence-electron chi connectivity index (χ0n) is 11.5. The molecule has 3 heteroatoms. The number of halogens is 2. The van der Waals surface area contributed by atoms with E-state index < -0.39 is 5.41 Å². The Morgan fingerprint density at radius 1 is 0.952 bits per heavy atom. The molecule has 2 rings (SSSR count). The molecule has 0 atom stereocenters. The van der Waals surface area contributed by atoms with E-state index in [4.69, 9.17) is 23.2 Å². The maximum atomic E-state index is 9.90. The molecule has 0 spiro atoms. The van der Waals surface area contributed by atoms with Crippen LogP contribution in [-0.2, 0) is 5.41 Å². The van der Waals surface area contributed by atoms with Gasteiger partial charge < -0.3 is 0 Å². The number of rotatable bonds is 5. The first-order valence-electron chi connectivity index (χ1n) is 6.66. The van der Waals surface area contributed by atoms with Crippen molar-refractivity contribution >= 4 is 23.2 Å². The fourth-order valence-corrected chi connectivity index (χ4v) is 2.68. The number of hydrogen-bond acceptors (Lipinski definition) is 1. The lowest BCUT2D eigenvalue weighted by Gasteiger charge is -2.27. The van der Waals surface area contributed by atoms with Crippen molar-refractivity contribution in [1.82, 2.24) is 0 Å². The van der Waals surface area contributed by atoms with E-state index in [1.165, 1.54) is 0 Å². The highest BCUT2D eigenvalue weighted by Crippen LogP contribution is 2.37. The SMILES string of the molecule is C=CCCC(C#N)(c1ccc(Cl)cc1)c1ccc(Cl)cc1. The van der Waals surface area contributed by atoms with Crippen LogP contribution in [0.2, 0.25) is 10.0 Å². The van der Waals surface area contributed by atoms with Crippen molar-refractivity contribution in [3.63, 3.8) is 0 Å². The Kier molecular flexibility index (Phi) is 5.07. The third kappa shape index (κ3) is 3.29. The molecule has 0 saturated carbocycles. The summed E-state index contributed by atoms with van der Waals surface area (Å²) in [6.45, 7) is 3.76. The minimum atomic E-state index is -0.719. The third-order valence-corrected chi connectivity index (χ3v) is 4.09. The fourth-order valence-electron chi connectivity index (χ4n) is 2.43. The topological polar surface area (TPSA) is 23.8 Å². The molecule has 21 heavy (non-hydrogen) atoms. The molecule has 0 radical (unpaired) electrons. The van der Waals surface area contributed by atoms with Gasteiger partial charge in [0.25, 0.3) is 0 Å². The summed E-state index contributed by atoms with van der Waals surface area (Å²) in [5, 5.41) is 11.2. The zero-order valence-corrected chi connectivity index (χ0v) is 13.0. The predicted octanol–water partition coefficient (Wildman–Crippen LogP) is 5.77. The molecule has 0 heterocycles. The molecule has 0 bridgehead atoms. The van der Waals surface area contributed by atoms with Gasteiger partial charge in [0.1, 0.15) is 5.41 Å². The van der Waals surface area contributed by atoms with Gasteiger partial charge in [-0.15, -0.1) is 6.58 Å². The molecule has 0 N–H and O–H groups in total. The Bertz CT molecular complexity index is 606. The van der Waals surface area contributed by atoms with Crippen LogP contribution in [0.4, 0.5) is 0 Å². The van der Waals surface area contributed by atoms with Gasteiger partial charge in [-0.2, -0.15) is 5.26 Å². The molecule has 0 aliphatic carbocycles. The number of nitrogens with zero attached hydrogens (tertiary/aromatic N) is 1. The fraction of sp³-hybridized carbons (Fsp3) is 0.167. The average Bonchev–Trinajstić information content (AvgIpc) is 2.51. The van der Waals surface area contributed by atoms with Crippen molar-refractivity contribution in [1.29, 1.82) is 5.26 Å². The standard InChI is InChI=1S/C18H15Cl2N/c1-2-3-12-18(13-21,14-4-8-16(19)9-5-14)15-6-10-17(20)11-7-15/h2,4-11H,1,3,12H2. The van der Waals surface area contributed by atoms with Crippen LogP contribution in [0.25, 0.3) is 0 Å². The Morgan fingerprint density at radius 3 is 1.71 bits per heavy atom. The summed E-state index contributed by atoms with van der Waals surface area (Å²) in [6.07, 6.45) is 3.24. The molecule has 106 valence electrons. The van der Waals surface area contributed by atoms with E-state index in [-0.39, 0.29) is 0 Å². The molecule has 0 fully saturated rings. The molecule has 0 aromatic heterocycles. The van der Waals surface area contributed by atoms with E-state index in [1.807, 2.05) is 54.6 Å². The van der Waals surface area contributed by atoms with Crippen LogP contribution < -0.4 is 0 Å². The maximum absolute atomic E-state index is 9.90. The molecule has 0 aliphatic heterocycles. The normalized spacial score (nSPS) is 10.9. The number of hydrogen-bond donors (Lipinski definition) is 0. The Morgan fingerprint density at radius 2 is 1.38 bits per heavy atom. The summed E-state index contributed by atoms with van der Waals surface area (Å²) in [5.41, 5.74) is 1.14. The lowest BCUT2D eigenvalue weighted by Crippen LogP contribution is -2.25. The number of nitriles is 1. The number of benzene rings is 2. The minimum Gasteiger partial charge on any atom is -0.197 e. The number of allylic oxidation sites excluding steroid dienone is 1. The summed E-state index contributed by atoms with van der Waals surface area (Å²) >= 11 is 11.9. The molecule has 1 nitrogen and oxygen atoms in total. The van der Waals surface area contributed by atoms with Crippen molar-refractivity contribution in [3.8, 4) is 6.07 Å². The van der Waals surface area contributed by atoms with Crippen LogP contribution in [-0.4, -0.2) is 0 Å². The lowest BCUT2D eigenvalue weighted by molar-refractivity contribution is 0.601. The summed E-state index contributed by atoms with van der Waals surface area (Å²) < 4.78 is 0. The van der Waals surface area contributed by atoms with E-state index in [1.54, 1.807) is 0 Å². The smallest absolute Gasteiger partial charge is 0.107 e. The highest BCUT2D eigenvalue weighted by molar-refractivity contribution is 6.30. The van der Waals surface area contributed by atoms with Crippen molar-refractivity contribution in [3.05, 3.63) is 82.4 Å². The maximum Gasteiger partial charge on any atom is 0.107 e. The van der Waals surface area contributed by atoms with Crippen molar-refractivity contribution in [2.75, 3.05) is 0 Å². The third-order valence-electron chi connectivity index (χ3n) is 3.59. The van der Waals surface area contributed by atoms with E-state index in [0.29, 0.717) is 16.5 Å². The first kappa shape index (κ1) is 15.6. The summed E-state index contributed by atoms with van der Waals surface area (Å²) in [4.78, 5) is 0. The van der Waals surface area contributed by atoms with Crippen LogP contribution in [0.3, 0.4) is 0 Å². The van der Waals surface area contributed by atoms with E-state index in [9.17, 15) is 5.26 Å². The van der Waals surface area contributed by atoms with Crippen molar-refractivity contribution in [2.45, 2.75) is 18.3 Å². The van der Waals surface area contributed by atoms with Gasteiger partial charge in [-0.3, -0.25) is 0 Å². The summed E-state index contributed by atoms with van der Waals surface area (Å²) in [7, 11) is 0. The van der Waals surface area contributed by atoms with Gasteiger partial charge in [0.15, 0.2) is 0 Å². The van der Waals surface area contributed by atoms with Crippen molar-refractivity contribution in [2.24, 2.45) is 0 Å². The van der Waals surface area contributed by atoms with Gasteiger partial charge in [-0.25, -0.2) is 0 Å². The van der Waals surface area contributed by atoms with Gasteiger partial charge in [0.05, 0.1) is 6.07 Å². The molecular formula is C18H15Cl2N. The molecule has 0 unspecified atom stereocenters. The van der Waals surface area contributed by atoms with Crippen LogP contribution in [0, 0.1) is 11.3 Å². The highest BCUT2D eigenvalue weighted by atomic mass is 35.5. The molecule has 2 aromatic rings. The van der Waals surface area contributed by atoms with Crippen LogP contribution in [0.1, 0.15) is 24.0 Å². The van der Waals surface area contributed by atoms with Crippen LogP contribution in [0.15, 0.2) is 61.2 Å². The second-order valence-corrected chi connectivity index (χ2v) is 5.73. The quantitative estimate of drug-likeness (QED) is 0.642. The summed E-state index contributed by atoms with van der Waals surface area (Å²) in [6, 6.07) is 17.4. The van der Waals surface area contributed by atoms with Gasteiger partial charge in [0, 0.05) is 10.0 Å². The zero-order chi connectivity index (χ0) is 15.3. The second-order valence-electron chi connectivity index (χ2n) is 4.86. The van der Waals surface area contributed by atoms with Gasteiger partial charge >= 0.3 is 0 Å². The van der Waals surface area contributed by atoms with Gasteiger partial charge in [0.2, 0.25) is 0 Å². The minimum absolute atomic E-state index is 0.658. The Labute approximate surface area is 135 Å². The van der Waals surface area contributed by atoms with E-state index in [0.717, 1.165) is 17.5 Å². The summed E-state index contributed by atoms with van der Waals surface area (Å²) in [5.74, 6) is 0. The lowest BCUT2D eigenvalue weighted by atomic mass is 9.72. The van der Waals surface area contributed by atoms with Gasteiger partial charge in [-0.05, 0) is 48.2 Å². The first-order valence-corrected chi connectivity index (χ1v) is 7.42. The van der Waals surface area contributed by atoms with Gasteiger partial charge in [-0.1, -0.05) is 53.5 Å². The second kappa shape index (κ2) is 6.80. The molecular weight excluding hydrogens is 301 g/mol. The van der Waals surface area contributed by atoms with E-state index in [2.05, 4.69) is 12.6 Å².